The topological polar surface area (TPSA) is 65.1 Å². The van der Waals surface area contributed by atoms with E-state index in [1.807, 2.05) is 20.8 Å². The van der Waals surface area contributed by atoms with Crippen molar-refractivity contribution in [2.45, 2.75) is 57.6 Å². The molecule has 1 saturated heterocycles. The van der Waals surface area contributed by atoms with Crippen LogP contribution >= 0.6 is 0 Å². The molecule has 1 amide bonds. The van der Waals surface area contributed by atoms with Crippen molar-refractivity contribution < 1.29 is 23.8 Å². The summed E-state index contributed by atoms with van der Waals surface area (Å²) in [6.07, 6.45) is 3.16. The van der Waals surface area contributed by atoms with Crippen LogP contribution in [0.1, 0.15) is 46.5 Å². The van der Waals surface area contributed by atoms with Crippen LogP contribution in [0.2, 0.25) is 0 Å². The number of ether oxygens (including phenoxy) is 3. The van der Waals surface area contributed by atoms with E-state index in [0.29, 0.717) is 25.5 Å². The second-order valence-corrected chi connectivity index (χ2v) is 7.22. The summed E-state index contributed by atoms with van der Waals surface area (Å²) in [4.78, 5) is 26.3. The second-order valence-electron chi connectivity index (χ2n) is 7.22. The predicted molar refractivity (Wildman–Crippen MR) is 80.5 cm³/mol. The van der Waals surface area contributed by atoms with Crippen molar-refractivity contribution in [3.63, 3.8) is 0 Å². The highest BCUT2D eigenvalue weighted by Crippen LogP contribution is 2.34. The van der Waals surface area contributed by atoms with Crippen molar-refractivity contribution in [1.82, 2.24) is 4.90 Å². The molecule has 126 valence electrons. The van der Waals surface area contributed by atoms with Gasteiger partial charge in [-0.3, -0.25) is 4.90 Å². The highest BCUT2D eigenvalue weighted by atomic mass is 16.6. The fourth-order valence-corrected chi connectivity index (χ4v) is 2.75. The summed E-state index contributed by atoms with van der Waals surface area (Å²) in [6.45, 7) is 6.73. The number of hydrogen-bond donors (Lipinski definition) is 0. The van der Waals surface area contributed by atoms with Crippen LogP contribution in [-0.4, -0.2) is 55.0 Å². The molecular weight excluding hydrogens is 286 g/mol. The Hall–Kier alpha value is -1.30. The Bertz CT molecular complexity index is 427. The van der Waals surface area contributed by atoms with Gasteiger partial charge in [-0.25, -0.2) is 9.59 Å². The van der Waals surface area contributed by atoms with Crippen molar-refractivity contribution in [2.24, 2.45) is 5.92 Å². The van der Waals surface area contributed by atoms with E-state index < -0.39 is 23.2 Å². The molecule has 2 aliphatic rings. The van der Waals surface area contributed by atoms with E-state index in [2.05, 4.69) is 0 Å². The van der Waals surface area contributed by atoms with Crippen LogP contribution in [-0.2, 0) is 19.0 Å². The third kappa shape index (κ3) is 3.91. The molecule has 1 aliphatic carbocycles. The minimum absolute atomic E-state index is 0.176. The third-order valence-corrected chi connectivity index (χ3v) is 4.06. The van der Waals surface area contributed by atoms with E-state index in [0.717, 1.165) is 6.42 Å². The Kier molecular flexibility index (Phi) is 5.00. The second kappa shape index (κ2) is 6.44. The molecule has 0 radical (unpaired) electrons. The van der Waals surface area contributed by atoms with Crippen LogP contribution in [0.5, 0.6) is 0 Å². The minimum atomic E-state index is -1.05. The average Bonchev–Trinajstić information content (AvgIpc) is 3.13. The Labute approximate surface area is 132 Å². The molecule has 1 saturated carbocycles. The molecule has 0 aromatic rings. The standard InChI is InChI=1S/C16H27NO5/c1-15(2,3)22-14(19)17-9-5-8-16(17,13(18)20-4)11-21-10-12-6-7-12/h12H,5-11H2,1-4H3. The van der Waals surface area contributed by atoms with Gasteiger partial charge in [0.2, 0.25) is 0 Å². The van der Waals surface area contributed by atoms with E-state index in [-0.39, 0.29) is 6.61 Å². The highest BCUT2D eigenvalue weighted by Gasteiger charge is 2.52. The summed E-state index contributed by atoms with van der Waals surface area (Å²) in [7, 11) is 1.34. The molecule has 22 heavy (non-hydrogen) atoms. The first-order chi connectivity index (χ1) is 10.3. The lowest BCUT2D eigenvalue weighted by Gasteiger charge is -2.36. The minimum Gasteiger partial charge on any atom is -0.467 e. The van der Waals surface area contributed by atoms with Gasteiger partial charge < -0.3 is 14.2 Å². The van der Waals surface area contributed by atoms with E-state index in [1.54, 1.807) is 0 Å². The average molecular weight is 313 g/mol. The molecule has 1 aliphatic heterocycles. The zero-order valence-electron chi connectivity index (χ0n) is 14.0. The Balaban J connectivity index is 2.09. The first kappa shape index (κ1) is 17.1. The number of likely N-dealkylation sites (tertiary alicyclic amines) is 1. The molecule has 1 atom stereocenters. The van der Waals surface area contributed by atoms with E-state index in [9.17, 15) is 9.59 Å². The fourth-order valence-electron chi connectivity index (χ4n) is 2.75. The van der Waals surface area contributed by atoms with Crippen molar-refractivity contribution in [1.29, 1.82) is 0 Å². The quantitative estimate of drug-likeness (QED) is 0.729. The Morgan fingerprint density at radius 2 is 1.95 bits per heavy atom. The number of nitrogens with zero attached hydrogens (tertiary/aromatic N) is 1. The summed E-state index contributed by atoms with van der Waals surface area (Å²) >= 11 is 0. The maximum absolute atomic E-state index is 12.4. The SMILES string of the molecule is COC(=O)C1(COCC2CC2)CCCN1C(=O)OC(C)(C)C. The molecule has 0 N–H and O–H groups in total. The number of esters is 1. The van der Waals surface area contributed by atoms with Gasteiger partial charge in [-0.05, 0) is 52.4 Å². The van der Waals surface area contributed by atoms with Gasteiger partial charge in [0.05, 0.1) is 13.7 Å². The van der Waals surface area contributed by atoms with Crippen molar-refractivity contribution in [2.75, 3.05) is 26.9 Å². The lowest BCUT2D eigenvalue weighted by molar-refractivity contribution is -0.157. The smallest absolute Gasteiger partial charge is 0.411 e. The van der Waals surface area contributed by atoms with Gasteiger partial charge in [0.1, 0.15) is 5.60 Å². The summed E-state index contributed by atoms with van der Waals surface area (Å²) in [5.41, 5.74) is -1.65. The molecule has 6 nitrogen and oxygen atoms in total. The molecule has 1 unspecified atom stereocenters. The molecule has 0 aromatic heterocycles. The van der Waals surface area contributed by atoms with E-state index in [1.165, 1.54) is 24.9 Å². The first-order valence-electron chi connectivity index (χ1n) is 7.95. The highest BCUT2D eigenvalue weighted by molar-refractivity contribution is 5.86. The predicted octanol–water partition coefficient (Wildman–Crippen LogP) is 2.36. The molecule has 1 heterocycles. The maximum atomic E-state index is 12.4. The molecule has 2 fully saturated rings. The largest absolute Gasteiger partial charge is 0.467 e. The van der Waals surface area contributed by atoms with Gasteiger partial charge in [-0.2, -0.15) is 0 Å². The zero-order valence-corrected chi connectivity index (χ0v) is 14.0. The zero-order chi connectivity index (χ0) is 16.4. The molecular formula is C16H27NO5. The number of carbonyl (C=O) groups is 2. The third-order valence-electron chi connectivity index (χ3n) is 4.06. The number of carbonyl (C=O) groups excluding carboxylic acids is 2. The molecule has 0 spiro atoms. The lowest BCUT2D eigenvalue weighted by atomic mass is 9.97. The van der Waals surface area contributed by atoms with Gasteiger partial charge in [0.25, 0.3) is 0 Å². The fraction of sp³-hybridized carbons (Fsp3) is 0.875. The number of rotatable bonds is 5. The summed E-state index contributed by atoms with van der Waals surface area (Å²) in [5, 5.41) is 0. The lowest BCUT2D eigenvalue weighted by Crippen LogP contribution is -2.57. The van der Waals surface area contributed by atoms with Crippen LogP contribution in [0, 0.1) is 5.92 Å². The van der Waals surface area contributed by atoms with E-state index in [4.69, 9.17) is 14.2 Å². The van der Waals surface area contributed by atoms with Gasteiger partial charge in [-0.15, -0.1) is 0 Å². The molecule has 6 heteroatoms. The normalized spacial score (nSPS) is 25.2. The molecule has 0 bridgehead atoms. The maximum Gasteiger partial charge on any atom is 0.411 e. The number of methoxy groups -OCH3 is 1. The van der Waals surface area contributed by atoms with Gasteiger partial charge in [-0.1, -0.05) is 0 Å². The number of amides is 1. The van der Waals surface area contributed by atoms with Gasteiger partial charge >= 0.3 is 12.1 Å². The summed E-state index contributed by atoms with van der Waals surface area (Å²) in [5.74, 6) is 0.178. The Morgan fingerprint density at radius 3 is 2.50 bits per heavy atom. The monoisotopic (exact) mass is 313 g/mol. The molecule has 2 rings (SSSR count). The summed E-state index contributed by atoms with van der Waals surface area (Å²) < 4.78 is 16.1. The van der Waals surface area contributed by atoms with Crippen LogP contribution in [0.25, 0.3) is 0 Å². The van der Waals surface area contributed by atoms with Crippen molar-refractivity contribution >= 4 is 12.1 Å². The van der Waals surface area contributed by atoms with E-state index >= 15 is 0 Å². The first-order valence-corrected chi connectivity index (χ1v) is 7.95. The van der Waals surface area contributed by atoms with Crippen LogP contribution < -0.4 is 0 Å². The van der Waals surface area contributed by atoms with Crippen molar-refractivity contribution in [3.8, 4) is 0 Å². The van der Waals surface area contributed by atoms with Crippen LogP contribution in [0.15, 0.2) is 0 Å². The van der Waals surface area contributed by atoms with Crippen LogP contribution in [0.3, 0.4) is 0 Å². The summed E-state index contributed by atoms with van der Waals surface area (Å²) in [6, 6.07) is 0. The van der Waals surface area contributed by atoms with Gasteiger partial charge in [0.15, 0.2) is 5.54 Å². The molecule has 0 aromatic carbocycles. The van der Waals surface area contributed by atoms with Crippen LogP contribution in [0.4, 0.5) is 4.79 Å². The Morgan fingerprint density at radius 1 is 1.27 bits per heavy atom. The number of hydrogen-bond acceptors (Lipinski definition) is 5. The van der Waals surface area contributed by atoms with Crippen molar-refractivity contribution in [3.05, 3.63) is 0 Å². The van der Waals surface area contributed by atoms with Gasteiger partial charge in [0, 0.05) is 13.2 Å².